The van der Waals surface area contributed by atoms with E-state index < -0.39 is 0 Å². The highest BCUT2D eigenvalue weighted by Crippen LogP contribution is 2.38. The summed E-state index contributed by atoms with van der Waals surface area (Å²) in [7, 11) is 0. The minimum absolute atomic E-state index is 0.229. The van der Waals surface area contributed by atoms with Crippen LogP contribution in [0.25, 0.3) is 0 Å². The molecule has 1 aliphatic heterocycles. The molecule has 0 radical (unpaired) electrons. The Morgan fingerprint density at radius 2 is 1.95 bits per heavy atom. The summed E-state index contributed by atoms with van der Waals surface area (Å²) in [5.74, 6) is 0. The zero-order valence-electron chi connectivity index (χ0n) is 12.1. The molecule has 2 aromatic rings. The van der Waals surface area contributed by atoms with Gasteiger partial charge < -0.3 is 5.32 Å². The van der Waals surface area contributed by atoms with E-state index in [4.69, 9.17) is 0 Å². The van der Waals surface area contributed by atoms with Crippen molar-refractivity contribution >= 4 is 17.0 Å². The molecule has 0 spiro atoms. The second-order valence-corrected chi connectivity index (χ2v) is 7.79. The Balaban J connectivity index is 1.88. The molecule has 100 valence electrons. The van der Waals surface area contributed by atoms with Crippen LogP contribution in [0, 0.1) is 6.92 Å². The van der Waals surface area contributed by atoms with Crippen molar-refractivity contribution in [3.05, 3.63) is 51.2 Å². The van der Waals surface area contributed by atoms with Gasteiger partial charge >= 0.3 is 0 Å². The van der Waals surface area contributed by atoms with Crippen molar-refractivity contribution in [3.63, 3.8) is 0 Å². The van der Waals surface area contributed by atoms with Crippen molar-refractivity contribution in [2.24, 2.45) is 0 Å². The van der Waals surface area contributed by atoms with Gasteiger partial charge in [-0.25, -0.2) is 0 Å². The summed E-state index contributed by atoms with van der Waals surface area (Å²) in [5.41, 5.74) is 4.43. The third-order valence-electron chi connectivity index (χ3n) is 3.83. The molecule has 19 heavy (non-hydrogen) atoms. The van der Waals surface area contributed by atoms with E-state index >= 15 is 0 Å². The largest absolute Gasteiger partial charge is 0.377 e. The van der Waals surface area contributed by atoms with Gasteiger partial charge in [0.25, 0.3) is 0 Å². The average molecular weight is 271 g/mol. The zero-order chi connectivity index (χ0) is 13.6. The summed E-state index contributed by atoms with van der Waals surface area (Å²) in [6.45, 7) is 9.00. The van der Waals surface area contributed by atoms with Crippen molar-refractivity contribution < 1.29 is 0 Å². The van der Waals surface area contributed by atoms with Crippen LogP contribution in [0.2, 0.25) is 0 Å². The van der Waals surface area contributed by atoms with Gasteiger partial charge in [-0.15, -0.1) is 11.3 Å². The quantitative estimate of drug-likeness (QED) is 0.764. The molecule has 2 heteroatoms. The molecule has 0 fully saturated rings. The number of hydrogen-bond acceptors (Lipinski definition) is 2. The first-order valence-corrected chi connectivity index (χ1v) is 7.71. The molecule has 1 aromatic carbocycles. The normalized spacial score (nSPS) is 18.2. The highest BCUT2D eigenvalue weighted by Gasteiger charge is 2.25. The van der Waals surface area contributed by atoms with E-state index in [1.807, 2.05) is 11.3 Å². The molecule has 0 amide bonds. The monoisotopic (exact) mass is 271 g/mol. The summed E-state index contributed by atoms with van der Waals surface area (Å²) < 4.78 is 0. The minimum atomic E-state index is 0.229. The molecule has 1 N–H and O–H groups in total. The van der Waals surface area contributed by atoms with Crippen molar-refractivity contribution in [2.75, 3.05) is 5.32 Å². The summed E-state index contributed by atoms with van der Waals surface area (Å²) >= 11 is 1.90. The highest BCUT2D eigenvalue weighted by atomic mass is 32.1. The van der Waals surface area contributed by atoms with Gasteiger partial charge in [0.15, 0.2) is 0 Å². The van der Waals surface area contributed by atoms with Crippen LogP contribution in [-0.4, -0.2) is 0 Å². The molecule has 2 heterocycles. The maximum atomic E-state index is 3.65. The van der Waals surface area contributed by atoms with Gasteiger partial charge in [-0.05, 0) is 48.1 Å². The van der Waals surface area contributed by atoms with Crippen LogP contribution in [0.1, 0.15) is 47.7 Å². The predicted octanol–water partition coefficient (Wildman–Crippen LogP) is 5.06. The van der Waals surface area contributed by atoms with Crippen LogP contribution in [0.3, 0.4) is 0 Å². The van der Waals surface area contributed by atoms with E-state index in [0.29, 0.717) is 6.04 Å². The molecule has 0 aliphatic carbocycles. The number of fused-ring (bicyclic) bond motifs is 1. The van der Waals surface area contributed by atoms with Crippen LogP contribution < -0.4 is 5.32 Å². The van der Waals surface area contributed by atoms with E-state index in [2.05, 4.69) is 63.3 Å². The second kappa shape index (κ2) is 4.38. The molecule has 1 unspecified atom stereocenters. The van der Waals surface area contributed by atoms with Crippen LogP contribution in [-0.2, 0) is 11.8 Å². The fourth-order valence-electron chi connectivity index (χ4n) is 2.64. The third kappa shape index (κ3) is 2.42. The zero-order valence-corrected chi connectivity index (χ0v) is 12.9. The van der Waals surface area contributed by atoms with E-state index in [1.54, 1.807) is 0 Å². The smallest absolute Gasteiger partial charge is 0.0647 e. The summed E-state index contributed by atoms with van der Waals surface area (Å²) in [6.07, 6.45) is 1.11. The van der Waals surface area contributed by atoms with Crippen LogP contribution in [0.15, 0.2) is 30.3 Å². The molecule has 1 nitrogen and oxygen atoms in total. The first-order chi connectivity index (χ1) is 8.93. The molecule has 1 aliphatic rings. The lowest BCUT2D eigenvalue weighted by Gasteiger charge is -2.19. The lowest BCUT2D eigenvalue weighted by Crippen LogP contribution is -2.10. The molecule has 3 rings (SSSR count). The van der Waals surface area contributed by atoms with Gasteiger partial charge in [-0.3, -0.25) is 0 Å². The average Bonchev–Trinajstić information content (AvgIpc) is 2.92. The number of rotatable bonds is 1. The molecular formula is C17H21NS. The first kappa shape index (κ1) is 12.7. The van der Waals surface area contributed by atoms with Crippen molar-refractivity contribution in [3.8, 4) is 0 Å². The van der Waals surface area contributed by atoms with E-state index in [0.717, 1.165) is 6.42 Å². The second-order valence-electron chi connectivity index (χ2n) is 6.47. The molecule has 1 aromatic heterocycles. The fourth-order valence-corrected chi connectivity index (χ4v) is 3.57. The van der Waals surface area contributed by atoms with Crippen molar-refractivity contribution in [1.29, 1.82) is 0 Å². The summed E-state index contributed by atoms with van der Waals surface area (Å²) in [4.78, 5) is 2.84. The molecule has 0 saturated carbocycles. The van der Waals surface area contributed by atoms with Gasteiger partial charge in [0, 0.05) is 15.4 Å². The predicted molar refractivity (Wildman–Crippen MR) is 84.3 cm³/mol. The Labute approximate surface area is 119 Å². The summed E-state index contributed by atoms with van der Waals surface area (Å²) in [6, 6.07) is 11.8. The topological polar surface area (TPSA) is 12.0 Å². The first-order valence-electron chi connectivity index (χ1n) is 6.90. The van der Waals surface area contributed by atoms with Crippen molar-refractivity contribution in [1.82, 2.24) is 0 Å². The summed E-state index contributed by atoms with van der Waals surface area (Å²) in [5, 5.41) is 3.65. The van der Waals surface area contributed by atoms with E-state index in [1.165, 1.54) is 26.6 Å². The molecule has 0 saturated heterocycles. The SMILES string of the molecule is Cc1ccc(C2Cc3cc(C(C)(C)C)ccc3N2)s1. The Bertz CT molecular complexity index is 604. The molecular weight excluding hydrogens is 250 g/mol. The Morgan fingerprint density at radius 3 is 2.58 bits per heavy atom. The lowest BCUT2D eigenvalue weighted by molar-refractivity contribution is 0.589. The number of anilines is 1. The minimum Gasteiger partial charge on any atom is -0.377 e. The Morgan fingerprint density at radius 1 is 1.16 bits per heavy atom. The van der Waals surface area contributed by atoms with Gasteiger partial charge in [0.1, 0.15) is 0 Å². The van der Waals surface area contributed by atoms with E-state index in [-0.39, 0.29) is 5.41 Å². The number of hydrogen-bond donors (Lipinski definition) is 1. The third-order valence-corrected chi connectivity index (χ3v) is 4.94. The highest BCUT2D eigenvalue weighted by molar-refractivity contribution is 7.12. The van der Waals surface area contributed by atoms with E-state index in [9.17, 15) is 0 Å². The van der Waals surface area contributed by atoms with Crippen LogP contribution >= 0.6 is 11.3 Å². The Hall–Kier alpha value is -1.28. The van der Waals surface area contributed by atoms with Gasteiger partial charge in [0.05, 0.1) is 6.04 Å². The number of thiophene rings is 1. The van der Waals surface area contributed by atoms with Crippen LogP contribution in [0.5, 0.6) is 0 Å². The maximum absolute atomic E-state index is 3.65. The molecule has 0 bridgehead atoms. The number of nitrogens with one attached hydrogen (secondary N) is 1. The maximum Gasteiger partial charge on any atom is 0.0647 e. The fraction of sp³-hybridized carbons (Fsp3) is 0.412. The number of aryl methyl sites for hydroxylation is 1. The van der Waals surface area contributed by atoms with Gasteiger partial charge in [0.2, 0.25) is 0 Å². The van der Waals surface area contributed by atoms with Gasteiger partial charge in [-0.1, -0.05) is 32.9 Å². The Kier molecular flexibility index (Phi) is 2.94. The lowest BCUT2D eigenvalue weighted by atomic mass is 9.86. The van der Waals surface area contributed by atoms with Crippen molar-refractivity contribution in [2.45, 2.75) is 45.6 Å². The van der Waals surface area contributed by atoms with Gasteiger partial charge in [-0.2, -0.15) is 0 Å². The standard InChI is InChI=1S/C17H21NS/c1-11-5-8-16(19-11)15-10-12-9-13(17(2,3)4)6-7-14(12)18-15/h5-9,15,18H,10H2,1-4H3. The van der Waals surface area contributed by atoms with Crippen LogP contribution in [0.4, 0.5) is 5.69 Å². The number of benzene rings is 1. The molecule has 1 atom stereocenters.